The molecule has 1 unspecified atom stereocenters. The lowest BCUT2D eigenvalue weighted by Gasteiger charge is -2.35. The topological polar surface area (TPSA) is 119 Å². The number of Topliss-reactive ketones (excluding diaryl/α,β-unsaturated/α-hetero) is 1. The van der Waals surface area contributed by atoms with Gasteiger partial charge in [0, 0.05) is 27.2 Å². The van der Waals surface area contributed by atoms with Gasteiger partial charge in [0.1, 0.15) is 17.2 Å². The smallest absolute Gasteiger partial charge is 0.332 e. The molecule has 0 saturated heterocycles. The Kier molecular flexibility index (Phi) is 7.16. The largest absolute Gasteiger partial charge is 0.384 e. The SMILES string of the molecule is Cn1c(N)c(C(=O)CN2Cc3ccccc3CC2C(=O)NCCc2ccc(F)cc2)c(=O)n(C)c1=O. The molecule has 2 heterocycles. The Labute approximate surface area is 207 Å². The van der Waals surface area contributed by atoms with Crippen molar-refractivity contribution < 1.29 is 14.0 Å². The third-order valence-corrected chi connectivity index (χ3v) is 6.61. The first-order valence-corrected chi connectivity index (χ1v) is 11.6. The van der Waals surface area contributed by atoms with Crippen LogP contribution < -0.4 is 22.3 Å². The molecule has 0 saturated carbocycles. The lowest BCUT2D eigenvalue weighted by Crippen LogP contribution is -2.52. The molecule has 0 radical (unpaired) electrons. The molecule has 10 heteroatoms. The van der Waals surface area contributed by atoms with E-state index in [-0.39, 0.29) is 29.7 Å². The van der Waals surface area contributed by atoms with Gasteiger partial charge < -0.3 is 11.1 Å². The molecule has 0 bridgehead atoms. The molecule has 2 aromatic carbocycles. The summed E-state index contributed by atoms with van der Waals surface area (Å²) in [5.41, 5.74) is 7.19. The summed E-state index contributed by atoms with van der Waals surface area (Å²) < 4.78 is 15.0. The lowest BCUT2D eigenvalue weighted by molar-refractivity contribution is -0.126. The van der Waals surface area contributed by atoms with E-state index in [1.54, 1.807) is 17.0 Å². The van der Waals surface area contributed by atoms with Gasteiger partial charge in [-0.15, -0.1) is 0 Å². The highest BCUT2D eigenvalue weighted by molar-refractivity contribution is 6.01. The monoisotopic (exact) mass is 493 g/mol. The maximum Gasteiger partial charge on any atom is 0.332 e. The first-order chi connectivity index (χ1) is 17.2. The second kappa shape index (κ2) is 10.3. The van der Waals surface area contributed by atoms with Gasteiger partial charge in [-0.05, 0) is 41.7 Å². The number of anilines is 1. The minimum atomic E-state index is -0.765. The lowest BCUT2D eigenvalue weighted by atomic mass is 9.93. The molecule has 1 amide bonds. The Hall–Kier alpha value is -4.05. The molecule has 1 atom stereocenters. The summed E-state index contributed by atoms with van der Waals surface area (Å²) in [4.78, 5) is 53.0. The quantitative estimate of drug-likeness (QED) is 0.470. The van der Waals surface area contributed by atoms with E-state index < -0.39 is 23.1 Å². The third-order valence-electron chi connectivity index (χ3n) is 6.61. The summed E-state index contributed by atoms with van der Waals surface area (Å²) in [5, 5.41) is 2.92. The molecule has 3 aromatic rings. The van der Waals surface area contributed by atoms with Gasteiger partial charge in [0.25, 0.3) is 5.56 Å². The number of amides is 1. The van der Waals surface area contributed by atoms with Crippen LogP contribution in [0.15, 0.2) is 58.1 Å². The predicted molar refractivity (Wildman–Crippen MR) is 133 cm³/mol. The van der Waals surface area contributed by atoms with Crippen molar-refractivity contribution >= 4 is 17.5 Å². The summed E-state index contributed by atoms with van der Waals surface area (Å²) in [6, 6.07) is 13.1. The number of fused-ring (bicyclic) bond motifs is 1. The van der Waals surface area contributed by atoms with Crippen molar-refractivity contribution in [3.05, 3.63) is 97.4 Å². The minimum Gasteiger partial charge on any atom is -0.384 e. The molecule has 0 fully saturated rings. The number of carbonyl (C=O) groups excluding carboxylic acids is 2. The van der Waals surface area contributed by atoms with E-state index in [9.17, 15) is 23.6 Å². The fourth-order valence-corrected chi connectivity index (χ4v) is 4.49. The number of ketones is 1. The number of nitrogens with one attached hydrogen (secondary N) is 1. The zero-order valence-corrected chi connectivity index (χ0v) is 20.2. The first kappa shape index (κ1) is 25.1. The number of benzene rings is 2. The average Bonchev–Trinajstić information content (AvgIpc) is 2.87. The van der Waals surface area contributed by atoms with Crippen molar-refractivity contribution in [2.75, 3.05) is 18.8 Å². The minimum absolute atomic E-state index is 0.203. The summed E-state index contributed by atoms with van der Waals surface area (Å²) in [6.07, 6.45) is 0.922. The normalized spacial score (nSPS) is 15.4. The Balaban J connectivity index is 1.55. The van der Waals surface area contributed by atoms with Crippen LogP contribution in [0.1, 0.15) is 27.0 Å². The van der Waals surface area contributed by atoms with Crippen molar-refractivity contribution in [3.8, 4) is 0 Å². The van der Waals surface area contributed by atoms with Gasteiger partial charge in [-0.2, -0.15) is 0 Å². The van der Waals surface area contributed by atoms with Crippen LogP contribution in [0.3, 0.4) is 0 Å². The average molecular weight is 494 g/mol. The number of halogens is 1. The molecule has 1 aromatic heterocycles. The number of hydrogen-bond donors (Lipinski definition) is 2. The van der Waals surface area contributed by atoms with Gasteiger partial charge >= 0.3 is 5.69 Å². The number of nitrogens with two attached hydrogens (primary N) is 1. The first-order valence-electron chi connectivity index (χ1n) is 11.6. The second-order valence-electron chi connectivity index (χ2n) is 8.95. The van der Waals surface area contributed by atoms with Gasteiger partial charge in [0.15, 0.2) is 5.78 Å². The molecular formula is C26H28FN5O4. The van der Waals surface area contributed by atoms with E-state index in [2.05, 4.69) is 5.32 Å². The van der Waals surface area contributed by atoms with E-state index in [0.717, 1.165) is 25.8 Å². The van der Waals surface area contributed by atoms with Gasteiger partial charge in [-0.3, -0.25) is 28.4 Å². The number of nitrogen functional groups attached to an aromatic ring is 1. The summed E-state index contributed by atoms with van der Waals surface area (Å²) >= 11 is 0. The Morgan fingerprint density at radius 3 is 2.39 bits per heavy atom. The Bertz CT molecular complexity index is 1430. The number of rotatable bonds is 7. The highest BCUT2D eigenvalue weighted by Crippen LogP contribution is 2.24. The van der Waals surface area contributed by atoms with E-state index in [4.69, 9.17) is 5.73 Å². The number of hydrogen-bond acceptors (Lipinski definition) is 6. The van der Waals surface area contributed by atoms with Crippen LogP contribution >= 0.6 is 0 Å². The molecule has 36 heavy (non-hydrogen) atoms. The van der Waals surface area contributed by atoms with Crippen LogP contribution in [0.5, 0.6) is 0 Å². The fourth-order valence-electron chi connectivity index (χ4n) is 4.49. The molecule has 1 aliphatic rings. The zero-order valence-electron chi connectivity index (χ0n) is 20.2. The number of aromatic nitrogens is 2. The summed E-state index contributed by atoms with van der Waals surface area (Å²) in [7, 11) is 2.68. The zero-order chi connectivity index (χ0) is 26.0. The third kappa shape index (κ3) is 4.99. The second-order valence-corrected chi connectivity index (χ2v) is 8.95. The molecular weight excluding hydrogens is 465 g/mol. The van der Waals surface area contributed by atoms with Crippen LogP contribution in [0.4, 0.5) is 10.2 Å². The van der Waals surface area contributed by atoms with Crippen LogP contribution in [0, 0.1) is 5.82 Å². The number of nitrogens with zero attached hydrogens (tertiary/aromatic N) is 3. The summed E-state index contributed by atoms with van der Waals surface area (Å²) in [6.45, 7) is 0.463. The molecule has 1 aliphatic heterocycles. The van der Waals surface area contributed by atoms with Gasteiger partial charge in [-0.25, -0.2) is 9.18 Å². The maximum atomic E-state index is 13.3. The molecule has 0 spiro atoms. The maximum absolute atomic E-state index is 13.3. The highest BCUT2D eigenvalue weighted by Gasteiger charge is 2.34. The van der Waals surface area contributed by atoms with E-state index in [0.29, 0.717) is 25.9 Å². The van der Waals surface area contributed by atoms with Crippen LogP contribution in [0.2, 0.25) is 0 Å². The van der Waals surface area contributed by atoms with Crippen molar-refractivity contribution in [1.29, 1.82) is 0 Å². The van der Waals surface area contributed by atoms with E-state index in [1.807, 2.05) is 24.3 Å². The summed E-state index contributed by atoms with van der Waals surface area (Å²) in [5.74, 6) is -1.34. The molecule has 188 valence electrons. The van der Waals surface area contributed by atoms with Crippen molar-refractivity contribution in [2.24, 2.45) is 14.1 Å². The van der Waals surface area contributed by atoms with E-state index in [1.165, 1.54) is 26.2 Å². The van der Waals surface area contributed by atoms with Crippen molar-refractivity contribution in [2.45, 2.75) is 25.4 Å². The van der Waals surface area contributed by atoms with Crippen LogP contribution in [0.25, 0.3) is 0 Å². The van der Waals surface area contributed by atoms with Crippen molar-refractivity contribution in [1.82, 2.24) is 19.4 Å². The van der Waals surface area contributed by atoms with Gasteiger partial charge in [0.2, 0.25) is 5.91 Å². The molecule has 0 aliphatic carbocycles. The van der Waals surface area contributed by atoms with E-state index >= 15 is 0 Å². The molecule has 3 N–H and O–H groups in total. The van der Waals surface area contributed by atoms with Gasteiger partial charge in [0.05, 0.1) is 12.6 Å². The Morgan fingerprint density at radius 1 is 1.03 bits per heavy atom. The highest BCUT2D eigenvalue weighted by atomic mass is 19.1. The van der Waals surface area contributed by atoms with Gasteiger partial charge in [-0.1, -0.05) is 36.4 Å². The van der Waals surface area contributed by atoms with Crippen LogP contribution in [-0.4, -0.2) is 44.9 Å². The molecule has 4 rings (SSSR count). The standard InChI is InChI=1S/C26H28FN5O4/c1-30-23(28)22(25(35)31(2)26(30)36)21(33)15-32-14-18-6-4-3-5-17(18)13-20(32)24(34)29-12-11-16-7-9-19(27)10-8-16/h3-10,20H,11-15,28H2,1-2H3,(H,29,34). The van der Waals surface area contributed by atoms with Crippen LogP contribution in [-0.2, 0) is 38.3 Å². The number of carbonyl (C=O) groups is 2. The predicted octanol–water partition coefficient (Wildman–Crippen LogP) is 0.774. The Morgan fingerprint density at radius 2 is 1.69 bits per heavy atom. The molecule has 9 nitrogen and oxygen atoms in total. The fraction of sp³-hybridized carbons (Fsp3) is 0.308. The van der Waals surface area contributed by atoms with Crippen molar-refractivity contribution in [3.63, 3.8) is 0 Å².